The van der Waals surface area contributed by atoms with Crippen LogP contribution in [0.2, 0.25) is 10.2 Å². The summed E-state index contributed by atoms with van der Waals surface area (Å²) in [5.41, 5.74) is 1.33. The molecule has 0 aliphatic carbocycles. The number of piperidine rings is 1. The van der Waals surface area contributed by atoms with Gasteiger partial charge in [-0.3, -0.25) is 0 Å². The van der Waals surface area contributed by atoms with Crippen LogP contribution in [0.4, 0.5) is 4.39 Å². The first-order chi connectivity index (χ1) is 12.1. The van der Waals surface area contributed by atoms with Crippen molar-refractivity contribution in [2.45, 2.75) is 12.8 Å². The number of benzene rings is 1. The summed E-state index contributed by atoms with van der Waals surface area (Å²) in [4.78, 5) is 10.5. The zero-order valence-electron chi connectivity index (χ0n) is 13.4. The molecule has 0 N–H and O–H groups in total. The SMILES string of the molecule is CN1[CH][C](c2c(-c3c(F)cccc3Cl)c(Cl)nc3ncnn23)CCC1. The fraction of sp³-hybridized carbons (Fsp3) is 0.235. The molecule has 128 valence electrons. The van der Waals surface area contributed by atoms with Crippen molar-refractivity contribution >= 4 is 29.0 Å². The van der Waals surface area contributed by atoms with E-state index in [0.717, 1.165) is 25.3 Å². The number of nitrogens with zero attached hydrogens (tertiary/aromatic N) is 5. The third kappa shape index (κ3) is 2.88. The predicted molar refractivity (Wildman–Crippen MR) is 94.7 cm³/mol. The van der Waals surface area contributed by atoms with Crippen molar-refractivity contribution < 1.29 is 4.39 Å². The van der Waals surface area contributed by atoms with Gasteiger partial charge in [-0.2, -0.15) is 19.6 Å². The maximum Gasteiger partial charge on any atom is 0.253 e. The van der Waals surface area contributed by atoms with Crippen LogP contribution in [-0.4, -0.2) is 38.1 Å². The van der Waals surface area contributed by atoms with Gasteiger partial charge >= 0.3 is 0 Å². The molecule has 0 amide bonds. The summed E-state index contributed by atoms with van der Waals surface area (Å²) in [5, 5.41) is 4.69. The van der Waals surface area contributed by atoms with E-state index in [1.807, 2.05) is 13.6 Å². The normalized spacial score (nSPS) is 16.6. The van der Waals surface area contributed by atoms with Gasteiger partial charge in [0.05, 0.1) is 10.7 Å². The van der Waals surface area contributed by atoms with E-state index in [9.17, 15) is 4.39 Å². The van der Waals surface area contributed by atoms with Gasteiger partial charge in [-0.15, -0.1) is 0 Å². The molecule has 1 aromatic carbocycles. The van der Waals surface area contributed by atoms with E-state index in [1.54, 1.807) is 16.6 Å². The lowest BCUT2D eigenvalue weighted by Gasteiger charge is -2.30. The molecule has 1 aliphatic rings. The van der Waals surface area contributed by atoms with Crippen LogP contribution in [0.25, 0.3) is 16.9 Å². The highest BCUT2D eigenvalue weighted by Crippen LogP contribution is 2.42. The molecule has 0 bridgehead atoms. The zero-order chi connectivity index (χ0) is 17.6. The number of aromatic nitrogens is 4. The highest BCUT2D eigenvalue weighted by atomic mass is 35.5. The summed E-state index contributed by atoms with van der Waals surface area (Å²) in [5.74, 6) is 0.898. The van der Waals surface area contributed by atoms with Crippen LogP contribution in [0.1, 0.15) is 18.5 Å². The Labute approximate surface area is 154 Å². The Balaban J connectivity index is 2.03. The molecule has 5 nitrogen and oxygen atoms in total. The second-order valence-corrected chi connectivity index (χ2v) is 6.70. The molecule has 4 rings (SSSR count). The highest BCUT2D eigenvalue weighted by Gasteiger charge is 2.30. The van der Waals surface area contributed by atoms with Crippen LogP contribution >= 0.6 is 23.2 Å². The van der Waals surface area contributed by atoms with Gasteiger partial charge in [0.2, 0.25) is 0 Å². The molecule has 2 radical (unpaired) electrons. The number of hydrogen-bond donors (Lipinski definition) is 0. The lowest BCUT2D eigenvalue weighted by Crippen LogP contribution is -2.28. The van der Waals surface area contributed by atoms with E-state index in [0.29, 0.717) is 17.0 Å². The Bertz CT molecular complexity index is 922. The number of hydrogen-bond acceptors (Lipinski definition) is 4. The van der Waals surface area contributed by atoms with E-state index in [-0.39, 0.29) is 15.7 Å². The van der Waals surface area contributed by atoms with Gasteiger partial charge in [0.1, 0.15) is 17.3 Å². The molecular formula is C17H14Cl2FN5. The molecule has 2 aromatic heterocycles. The van der Waals surface area contributed by atoms with Gasteiger partial charge in [-0.25, -0.2) is 4.39 Å². The van der Waals surface area contributed by atoms with Crippen LogP contribution < -0.4 is 0 Å². The molecule has 0 spiro atoms. The quantitative estimate of drug-likeness (QED) is 0.632. The van der Waals surface area contributed by atoms with Gasteiger partial charge < -0.3 is 4.90 Å². The van der Waals surface area contributed by atoms with Crippen LogP contribution in [0.5, 0.6) is 0 Å². The number of likely N-dealkylation sites (tertiary alicyclic amines) is 1. The summed E-state index contributed by atoms with van der Waals surface area (Å²) in [6.07, 6.45) is 3.20. The Morgan fingerprint density at radius 1 is 1.20 bits per heavy atom. The second kappa shape index (κ2) is 6.52. The summed E-state index contributed by atoms with van der Waals surface area (Å²) in [6.45, 7) is 2.98. The fourth-order valence-electron chi connectivity index (χ4n) is 3.17. The van der Waals surface area contributed by atoms with E-state index in [4.69, 9.17) is 23.2 Å². The first-order valence-corrected chi connectivity index (χ1v) is 8.57. The monoisotopic (exact) mass is 377 g/mol. The number of likely N-dealkylation sites (N-methyl/N-ethyl adjacent to an activating group) is 1. The van der Waals surface area contributed by atoms with E-state index >= 15 is 0 Å². The Kier molecular flexibility index (Phi) is 4.35. The van der Waals surface area contributed by atoms with Gasteiger partial charge in [-0.1, -0.05) is 29.3 Å². The summed E-state index contributed by atoms with van der Waals surface area (Å²) < 4.78 is 16.2. The second-order valence-electron chi connectivity index (χ2n) is 5.93. The third-order valence-electron chi connectivity index (χ3n) is 4.23. The number of rotatable bonds is 2. The van der Waals surface area contributed by atoms with Gasteiger partial charge in [0, 0.05) is 23.6 Å². The lowest BCUT2D eigenvalue weighted by atomic mass is 9.90. The maximum absolute atomic E-state index is 14.6. The molecular weight excluding hydrogens is 364 g/mol. The number of fused-ring (bicyclic) bond motifs is 1. The molecule has 3 aromatic rings. The van der Waals surface area contributed by atoms with Gasteiger partial charge in [0.25, 0.3) is 5.78 Å². The van der Waals surface area contributed by atoms with Crippen LogP contribution in [0.3, 0.4) is 0 Å². The molecule has 0 atom stereocenters. The van der Waals surface area contributed by atoms with Crippen molar-refractivity contribution in [2.75, 3.05) is 13.6 Å². The molecule has 1 fully saturated rings. The third-order valence-corrected chi connectivity index (χ3v) is 4.82. The van der Waals surface area contributed by atoms with Crippen LogP contribution in [-0.2, 0) is 0 Å². The Morgan fingerprint density at radius 3 is 2.80 bits per heavy atom. The summed E-state index contributed by atoms with van der Waals surface area (Å²) in [7, 11) is 2.00. The maximum atomic E-state index is 14.6. The standard InChI is InChI=1S/C17H14Cl2FN5/c1-24-7-3-4-10(8-24)15-14(13-11(18)5-2-6-12(13)20)16(19)23-17-21-9-22-25(15)17/h2,5-6,8-9H,3-4,7H2,1H3. The summed E-state index contributed by atoms with van der Waals surface area (Å²) in [6, 6.07) is 4.55. The first kappa shape index (κ1) is 16.7. The average Bonchev–Trinajstić information content (AvgIpc) is 3.02. The molecule has 8 heteroatoms. The molecule has 25 heavy (non-hydrogen) atoms. The molecule has 1 saturated heterocycles. The van der Waals surface area contributed by atoms with Crippen LogP contribution in [0.15, 0.2) is 24.5 Å². The minimum Gasteiger partial charge on any atom is -0.301 e. The molecule has 1 aliphatic heterocycles. The van der Waals surface area contributed by atoms with Crippen molar-refractivity contribution in [1.29, 1.82) is 0 Å². The smallest absolute Gasteiger partial charge is 0.253 e. The lowest BCUT2D eigenvalue weighted by molar-refractivity contribution is 0.355. The van der Waals surface area contributed by atoms with E-state index < -0.39 is 5.82 Å². The van der Waals surface area contributed by atoms with Gasteiger partial charge in [-0.05, 0) is 38.6 Å². The van der Waals surface area contributed by atoms with Gasteiger partial charge in [0.15, 0.2) is 0 Å². The van der Waals surface area contributed by atoms with E-state index in [1.165, 1.54) is 12.4 Å². The van der Waals surface area contributed by atoms with Crippen LogP contribution in [0, 0.1) is 18.3 Å². The first-order valence-electron chi connectivity index (χ1n) is 7.81. The van der Waals surface area contributed by atoms with Crippen molar-refractivity contribution in [2.24, 2.45) is 0 Å². The topological polar surface area (TPSA) is 46.3 Å². The van der Waals surface area contributed by atoms with Crippen molar-refractivity contribution in [3.05, 3.63) is 58.7 Å². The fourth-order valence-corrected chi connectivity index (χ4v) is 3.68. The molecule has 3 heterocycles. The minimum atomic E-state index is -0.457. The Hall–Kier alpha value is -1.76. The minimum absolute atomic E-state index is 0.150. The summed E-state index contributed by atoms with van der Waals surface area (Å²) >= 11 is 12.7. The largest absolute Gasteiger partial charge is 0.301 e. The average molecular weight is 378 g/mol. The predicted octanol–water partition coefficient (Wildman–Crippen LogP) is 4.05. The molecule has 0 saturated carbocycles. The number of halogens is 3. The Morgan fingerprint density at radius 2 is 2.04 bits per heavy atom. The molecule has 0 unspecified atom stereocenters. The van der Waals surface area contributed by atoms with Crippen molar-refractivity contribution in [3.8, 4) is 11.1 Å². The highest BCUT2D eigenvalue weighted by molar-refractivity contribution is 6.36. The van der Waals surface area contributed by atoms with E-state index in [2.05, 4.69) is 20.0 Å². The zero-order valence-corrected chi connectivity index (χ0v) is 14.9. The van der Waals surface area contributed by atoms with Crippen molar-refractivity contribution in [3.63, 3.8) is 0 Å². The van der Waals surface area contributed by atoms with Crippen molar-refractivity contribution in [1.82, 2.24) is 24.5 Å².